The summed E-state index contributed by atoms with van der Waals surface area (Å²) in [6.45, 7) is 9.87. The summed E-state index contributed by atoms with van der Waals surface area (Å²) in [5.41, 5.74) is 5.27. The fraction of sp³-hybridized carbons (Fsp3) is 0.447. The number of nitrogens with two attached hydrogens (primary N) is 1. The normalized spacial score (nSPS) is 24.7. The van der Waals surface area contributed by atoms with Crippen LogP contribution in [0.5, 0.6) is 0 Å². The van der Waals surface area contributed by atoms with Crippen molar-refractivity contribution in [3.05, 3.63) is 85.1 Å². The van der Waals surface area contributed by atoms with Gasteiger partial charge in [0.1, 0.15) is 36.3 Å². The Morgan fingerprint density at radius 1 is 0.712 bits per heavy atom. The van der Waals surface area contributed by atoms with Crippen molar-refractivity contribution in [2.45, 2.75) is 104 Å². The molecule has 0 radical (unpaired) electrons. The maximum absolute atomic E-state index is 13.7. The quantitative estimate of drug-likeness (QED) is 0.0884. The number of cyclic esters (lactones) is 1. The van der Waals surface area contributed by atoms with Gasteiger partial charge in [-0.1, -0.05) is 99.8 Å². The number of carbonyl (C=O) groups excluding carboxylic acids is 7. The number of primary amides is 1. The van der Waals surface area contributed by atoms with E-state index in [2.05, 4.69) is 39.6 Å². The first-order valence-electron chi connectivity index (χ1n) is 17.3. The Bertz CT molecular complexity index is 1460. The van der Waals surface area contributed by atoms with Gasteiger partial charge in [0.25, 0.3) is 0 Å². The van der Waals surface area contributed by atoms with Gasteiger partial charge in [-0.05, 0) is 46.0 Å². The molecule has 7 N–H and O–H groups in total. The molecular formula is C38H54N6O8. The highest BCUT2D eigenvalue weighted by Crippen LogP contribution is 2.11. The van der Waals surface area contributed by atoms with Crippen LogP contribution < -0.4 is 32.3 Å². The molecule has 0 bridgehead atoms. The van der Waals surface area contributed by atoms with Crippen molar-refractivity contribution < 1.29 is 38.3 Å². The molecule has 1 aliphatic heterocycles. The third-order valence-electron chi connectivity index (χ3n) is 7.32. The standard InChI is InChI=1S/C38H54N6O8/c1-7-8-9-10-11-12-13-14-15-16-17-18-19-20-21-32(46)44-33-28(6)52-38(51)29(22-23-31(39)45)42-35(48)27(5)40-34(47)26(4)41-36(49)30(24-25(2)3)43-37(33)50/h8-21,25-30,33H,7,22-24H2,1-6H3,(H2,39,45)(H,40,47)(H,41,49)(H,42,48)(H,43,50)(H,44,46)/b9-8+,11-10+,13-12+,15-14+,17-16+,19-18+,21-20+/t26-,27-,28+,29-,30-,33-/m0/s1. The largest absolute Gasteiger partial charge is 0.458 e. The molecule has 0 aromatic heterocycles. The molecule has 0 aromatic rings. The van der Waals surface area contributed by atoms with Gasteiger partial charge in [-0.25, -0.2) is 4.79 Å². The zero-order chi connectivity index (χ0) is 39.1. The molecule has 1 rings (SSSR count). The number of carbonyl (C=O) groups is 7. The zero-order valence-electron chi connectivity index (χ0n) is 30.8. The molecule has 0 aliphatic carbocycles. The first kappa shape index (κ1) is 44.5. The number of hydrogen-bond acceptors (Lipinski definition) is 8. The van der Waals surface area contributed by atoms with Gasteiger partial charge >= 0.3 is 5.97 Å². The van der Waals surface area contributed by atoms with Gasteiger partial charge in [-0.3, -0.25) is 28.8 Å². The lowest BCUT2D eigenvalue weighted by atomic mass is 10.0. The third kappa shape index (κ3) is 18.5. The molecule has 0 saturated carbocycles. The maximum atomic E-state index is 13.7. The summed E-state index contributed by atoms with van der Waals surface area (Å²) in [6, 6.07) is -6.25. The highest BCUT2D eigenvalue weighted by atomic mass is 16.5. The average molecular weight is 723 g/mol. The van der Waals surface area contributed by atoms with E-state index in [1.807, 2.05) is 56.4 Å². The second-order valence-electron chi connectivity index (χ2n) is 12.5. The minimum absolute atomic E-state index is 0.0744. The molecule has 0 aromatic carbocycles. The summed E-state index contributed by atoms with van der Waals surface area (Å²) in [5, 5.41) is 12.6. The summed E-state index contributed by atoms with van der Waals surface area (Å²) in [5.74, 6) is -5.52. The van der Waals surface area contributed by atoms with E-state index in [1.165, 1.54) is 32.9 Å². The first-order chi connectivity index (χ1) is 24.7. The predicted octanol–water partition coefficient (Wildman–Crippen LogP) is 2.01. The Labute approximate surface area is 306 Å². The Morgan fingerprint density at radius 2 is 1.19 bits per heavy atom. The second kappa shape index (κ2) is 24.6. The molecule has 1 saturated heterocycles. The van der Waals surface area contributed by atoms with E-state index in [0.717, 1.165) is 6.42 Å². The van der Waals surface area contributed by atoms with Crippen LogP contribution in [0, 0.1) is 5.92 Å². The van der Waals surface area contributed by atoms with E-state index in [-0.39, 0.29) is 25.2 Å². The van der Waals surface area contributed by atoms with E-state index in [1.54, 1.807) is 24.3 Å². The maximum Gasteiger partial charge on any atom is 0.329 e. The van der Waals surface area contributed by atoms with Crippen molar-refractivity contribution >= 4 is 41.4 Å². The third-order valence-corrected chi connectivity index (χ3v) is 7.32. The van der Waals surface area contributed by atoms with Crippen LogP contribution in [0.2, 0.25) is 0 Å². The molecular weight excluding hydrogens is 668 g/mol. The van der Waals surface area contributed by atoms with E-state index in [0.29, 0.717) is 0 Å². The van der Waals surface area contributed by atoms with Crippen LogP contribution in [0.25, 0.3) is 0 Å². The minimum atomic E-state index is -1.50. The number of allylic oxidation sites excluding steroid dienone is 13. The number of amides is 6. The molecule has 6 atom stereocenters. The van der Waals surface area contributed by atoms with Crippen molar-refractivity contribution in [3.63, 3.8) is 0 Å². The summed E-state index contributed by atoms with van der Waals surface area (Å²) < 4.78 is 5.54. The highest BCUT2D eigenvalue weighted by Gasteiger charge is 2.36. The lowest BCUT2D eigenvalue weighted by molar-refractivity contribution is -0.156. The van der Waals surface area contributed by atoms with E-state index < -0.39 is 77.7 Å². The number of hydrogen-bond donors (Lipinski definition) is 6. The van der Waals surface area contributed by atoms with Gasteiger partial charge in [-0.2, -0.15) is 0 Å². The van der Waals surface area contributed by atoms with Crippen LogP contribution in [0.3, 0.4) is 0 Å². The van der Waals surface area contributed by atoms with Crippen molar-refractivity contribution in [2.24, 2.45) is 11.7 Å². The lowest BCUT2D eigenvalue weighted by Gasteiger charge is -2.29. The average Bonchev–Trinajstić information content (AvgIpc) is 3.07. The molecule has 0 spiro atoms. The Hall–Kier alpha value is -5.53. The monoisotopic (exact) mass is 722 g/mol. The number of esters is 1. The van der Waals surface area contributed by atoms with Crippen molar-refractivity contribution in [1.82, 2.24) is 26.6 Å². The molecule has 52 heavy (non-hydrogen) atoms. The van der Waals surface area contributed by atoms with Crippen molar-refractivity contribution in [2.75, 3.05) is 0 Å². The summed E-state index contributed by atoms with van der Waals surface area (Å²) in [4.78, 5) is 90.4. The van der Waals surface area contributed by atoms with Crippen LogP contribution in [-0.4, -0.2) is 77.7 Å². The SMILES string of the molecule is CC/C=C/C=C/C=C/C=C/C=C/C=C/C=C/C(=O)N[C@@H]1C(=O)N[C@@H](CC(C)C)C(=O)N[C@@H](C)C(=O)N[C@@H](C)C(=O)N[C@@H](CCC(N)=O)C(=O)O[C@@H]1C. The molecule has 1 fully saturated rings. The van der Waals surface area contributed by atoms with Crippen LogP contribution in [-0.2, 0) is 38.3 Å². The van der Waals surface area contributed by atoms with E-state index in [9.17, 15) is 33.6 Å². The zero-order valence-corrected chi connectivity index (χ0v) is 30.8. The Balaban J connectivity index is 3.26. The van der Waals surface area contributed by atoms with Gasteiger partial charge in [0.15, 0.2) is 0 Å². The molecule has 1 heterocycles. The highest BCUT2D eigenvalue weighted by molar-refractivity contribution is 5.97. The van der Waals surface area contributed by atoms with Gasteiger partial charge in [0, 0.05) is 12.5 Å². The smallest absolute Gasteiger partial charge is 0.329 e. The Morgan fingerprint density at radius 3 is 1.71 bits per heavy atom. The molecule has 0 unspecified atom stereocenters. The molecule has 1 aliphatic rings. The van der Waals surface area contributed by atoms with Crippen LogP contribution in [0.15, 0.2) is 85.1 Å². The van der Waals surface area contributed by atoms with Gasteiger partial charge < -0.3 is 37.1 Å². The van der Waals surface area contributed by atoms with E-state index in [4.69, 9.17) is 10.5 Å². The topological polar surface area (TPSA) is 215 Å². The van der Waals surface area contributed by atoms with Crippen molar-refractivity contribution in [3.8, 4) is 0 Å². The number of ether oxygens (including phenoxy) is 1. The fourth-order valence-corrected chi connectivity index (χ4v) is 4.51. The first-order valence-corrected chi connectivity index (χ1v) is 17.3. The molecule has 6 amide bonds. The molecule has 284 valence electrons. The van der Waals surface area contributed by atoms with Gasteiger partial charge in [0.2, 0.25) is 35.4 Å². The number of nitrogens with one attached hydrogen (secondary N) is 5. The molecule has 14 heteroatoms. The predicted molar refractivity (Wildman–Crippen MR) is 199 cm³/mol. The van der Waals surface area contributed by atoms with Crippen molar-refractivity contribution in [1.29, 1.82) is 0 Å². The second-order valence-corrected chi connectivity index (χ2v) is 12.5. The van der Waals surface area contributed by atoms with Crippen LogP contribution in [0.1, 0.15) is 67.2 Å². The Kier molecular flexibility index (Phi) is 21.0. The minimum Gasteiger partial charge on any atom is -0.458 e. The van der Waals surface area contributed by atoms with Crippen LogP contribution in [0.4, 0.5) is 0 Å². The molecule has 14 nitrogen and oxygen atoms in total. The lowest BCUT2D eigenvalue weighted by Crippen LogP contribution is -2.60. The number of rotatable bonds is 14. The van der Waals surface area contributed by atoms with E-state index >= 15 is 0 Å². The summed E-state index contributed by atoms with van der Waals surface area (Å²) in [7, 11) is 0. The fourth-order valence-electron chi connectivity index (χ4n) is 4.51. The van der Waals surface area contributed by atoms with Gasteiger partial charge in [0.05, 0.1) is 0 Å². The van der Waals surface area contributed by atoms with Crippen LogP contribution >= 0.6 is 0 Å². The summed E-state index contributed by atoms with van der Waals surface area (Å²) in [6.07, 6.45) is 24.1. The van der Waals surface area contributed by atoms with Gasteiger partial charge in [-0.15, -0.1) is 0 Å². The summed E-state index contributed by atoms with van der Waals surface area (Å²) >= 11 is 0.